The van der Waals surface area contributed by atoms with E-state index in [9.17, 15) is 0 Å². The Morgan fingerprint density at radius 1 is 1.35 bits per heavy atom. The zero-order chi connectivity index (χ0) is 14.4. The summed E-state index contributed by atoms with van der Waals surface area (Å²) in [5, 5.41) is 5.84. The van der Waals surface area contributed by atoms with E-state index >= 15 is 0 Å². The molecule has 0 atom stereocenters. The maximum absolute atomic E-state index is 4.81. The highest BCUT2D eigenvalue weighted by atomic mass is 15.2. The van der Waals surface area contributed by atoms with E-state index in [1.165, 1.54) is 10.8 Å². The summed E-state index contributed by atoms with van der Waals surface area (Å²) in [6, 6.07) is 10.6. The third-order valence-electron chi connectivity index (χ3n) is 3.27. The van der Waals surface area contributed by atoms with Crippen LogP contribution in [0.25, 0.3) is 10.8 Å². The van der Waals surface area contributed by atoms with Gasteiger partial charge in [0.1, 0.15) is 5.82 Å². The first-order valence-corrected chi connectivity index (χ1v) is 7.17. The molecule has 1 aromatic heterocycles. The molecule has 0 saturated heterocycles. The summed E-state index contributed by atoms with van der Waals surface area (Å²) < 4.78 is 0. The molecule has 20 heavy (non-hydrogen) atoms. The third kappa shape index (κ3) is 3.36. The third-order valence-corrected chi connectivity index (χ3v) is 3.27. The summed E-state index contributed by atoms with van der Waals surface area (Å²) in [6.07, 6.45) is 3.04. The molecule has 0 aliphatic rings. The molecule has 1 heterocycles. The van der Waals surface area contributed by atoms with Gasteiger partial charge >= 0.3 is 0 Å². The number of nitrogens with one attached hydrogen (secondary N) is 1. The SMILES string of the molecule is C=CCN(C)c1nc(CNCCC)cc2ccccc12. The van der Waals surface area contributed by atoms with E-state index in [1.54, 1.807) is 0 Å². The second kappa shape index (κ2) is 7.06. The van der Waals surface area contributed by atoms with Crippen molar-refractivity contribution in [2.24, 2.45) is 0 Å². The van der Waals surface area contributed by atoms with Crippen molar-refractivity contribution >= 4 is 16.6 Å². The Bertz CT molecular complexity index is 577. The van der Waals surface area contributed by atoms with Gasteiger partial charge < -0.3 is 10.2 Å². The first kappa shape index (κ1) is 14.5. The molecule has 3 heteroatoms. The predicted octanol–water partition coefficient (Wildman–Crippen LogP) is 3.36. The van der Waals surface area contributed by atoms with Crippen LogP contribution in [0.4, 0.5) is 5.82 Å². The number of hydrogen-bond donors (Lipinski definition) is 1. The van der Waals surface area contributed by atoms with Crippen LogP contribution in [0.3, 0.4) is 0 Å². The van der Waals surface area contributed by atoms with Gasteiger partial charge in [-0.1, -0.05) is 37.3 Å². The van der Waals surface area contributed by atoms with Crippen LogP contribution in [0.2, 0.25) is 0 Å². The minimum absolute atomic E-state index is 0.794. The van der Waals surface area contributed by atoms with E-state index in [2.05, 4.69) is 61.1 Å². The monoisotopic (exact) mass is 269 g/mol. The average molecular weight is 269 g/mol. The van der Waals surface area contributed by atoms with E-state index < -0.39 is 0 Å². The van der Waals surface area contributed by atoms with Gasteiger partial charge in [-0.3, -0.25) is 0 Å². The van der Waals surface area contributed by atoms with Crippen LogP contribution in [0, 0.1) is 0 Å². The Hall–Kier alpha value is -1.87. The molecule has 0 radical (unpaired) electrons. The lowest BCUT2D eigenvalue weighted by Crippen LogP contribution is -2.20. The molecule has 0 unspecified atom stereocenters. The Balaban J connectivity index is 2.38. The number of hydrogen-bond acceptors (Lipinski definition) is 3. The maximum Gasteiger partial charge on any atom is 0.136 e. The highest BCUT2D eigenvalue weighted by molar-refractivity contribution is 5.92. The van der Waals surface area contributed by atoms with Gasteiger partial charge in [-0.05, 0) is 24.4 Å². The summed E-state index contributed by atoms with van der Waals surface area (Å²) in [6.45, 7) is 8.61. The number of rotatable bonds is 7. The minimum atomic E-state index is 0.794. The van der Waals surface area contributed by atoms with Crippen molar-refractivity contribution in [3.8, 4) is 0 Å². The second-order valence-electron chi connectivity index (χ2n) is 5.00. The van der Waals surface area contributed by atoms with Gasteiger partial charge in [0.05, 0.1) is 5.69 Å². The van der Waals surface area contributed by atoms with Gasteiger partial charge in [0.2, 0.25) is 0 Å². The van der Waals surface area contributed by atoms with Crippen LogP contribution in [0.1, 0.15) is 19.0 Å². The van der Waals surface area contributed by atoms with Gasteiger partial charge in [0.15, 0.2) is 0 Å². The Kier molecular flexibility index (Phi) is 5.13. The van der Waals surface area contributed by atoms with Gasteiger partial charge in [0.25, 0.3) is 0 Å². The lowest BCUT2D eigenvalue weighted by atomic mass is 10.1. The number of nitrogens with zero attached hydrogens (tertiary/aromatic N) is 2. The number of pyridine rings is 1. The first-order valence-electron chi connectivity index (χ1n) is 7.17. The van der Waals surface area contributed by atoms with Crippen molar-refractivity contribution in [1.29, 1.82) is 0 Å². The average Bonchev–Trinajstić information content (AvgIpc) is 2.47. The number of benzene rings is 1. The van der Waals surface area contributed by atoms with Gasteiger partial charge in [-0.2, -0.15) is 0 Å². The van der Waals surface area contributed by atoms with Crippen molar-refractivity contribution in [3.05, 3.63) is 48.7 Å². The fourth-order valence-corrected chi connectivity index (χ4v) is 2.29. The van der Waals surface area contributed by atoms with E-state index in [1.807, 2.05) is 6.08 Å². The largest absolute Gasteiger partial charge is 0.355 e. The van der Waals surface area contributed by atoms with Crippen molar-refractivity contribution in [3.63, 3.8) is 0 Å². The molecular formula is C17H23N3. The lowest BCUT2D eigenvalue weighted by Gasteiger charge is -2.19. The molecule has 3 nitrogen and oxygen atoms in total. The molecular weight excluding hydrogens is 246 g/mol. The Morgan fingerprint density at radius 3 is 2.90 bits per heavy atom. The highest BCUT2D eigenvalue weighted by Crippen LogP contribution is 2.25. The van der Waals surface area contributed by atoms with Crippen LogP contribution in [0.5, 0.6) is 0 Å². The summed E-state index contributed by atoms with van der Waals surface area (Å²) >= 11 is 0. The highest BCUT2D eigenvalue weighted by Gasteiger charge is 2.09. The smallest absolute Gasteiger partial charge is 0.136 e. The van der Waals surface area contributed by atoms with Crippen molar-refractivity contribution < 1.29 is 0 Å². The fraction of sp³-hybridized carbons (Fsp3) is 0.353. The molecule has 1 N–H and O–H groups in total. The van der Waals surface area contributed by atoms with Crippen LogP contribution in [-0.2, 0) is 6.54 Å². The molecule has 2 rings (SSSR count). The van der Waals surface area contributed by atoms with Crippen molar-refractivity contribution in [2.45, 2.75) is 19.9 Å². The summed E-state index contributed by atoms with van der Waals surface area (Å²) in [7, 11) is 2.06. The molecule has 0 fully saturated rings. The number of likely N-dealkylation sites (N-methyl/N-ethyl adjacent to an activating group) is 1. The molecule has 1 aromatic carbocycles. The molecule has 0 amide bonds. The Labute approximate surface area is 121 Å². The van der Waals surface area contributed by atoms with E-state index in [0.717, 1.165) is 37.6 Å². The van der Waals surface area contributed by atoms with Crippen LogP contribution in [-0.4, -0.2) is 25.1 Å². The molecule has 0 saturated carbocycles. The first-order chi connectivity index (χ1) is 9.76. The minimum Gasteiger partial charge on any atom is -0.355 e. The zero-order valence-electron chi connectivity index (χ0n) is 12.4. The quantitative estimate of drug-likeness (QED) is 0.617. The number of aromatic nitrogens is 1. The van der Waals surface area contributed by atoms with Gasteiger partial charge in [-0.15, -0.1) is 6.58 Å². The van der Waals surface area contributed by atoms with E-state index in [0.29, 0.717) is 0 Å². The molecule has 0 bridgehead atoms. The molecule has 0 aliphatic heterocycles. The fourth-order valence-electron chi connectivity index (χ4n) is 2.29. The topological polar surface area (TPSA) is 28.2 Å². The number of anilines is 1. The summed E-state index contributed by atoms with van der Waals surface area (Å²) in [5.74, 6) is 1.02. The molecule has 2 aromatic rings. The Morgan fingerprint density at radius 2 is 2.15 bits per heavy atom. The maximum atomic E-state index is 4.81. The standard InChI is InChI=1S/C17H23N3/c1-4-10-18-13-15-12-14-8-6-7-9-16(14)17(19-15)20(3)11-5-2/h5-9,12,18H,2,4,10-11,13H2,1,3H3. The summed E-state index contributed by atoms with van der Waals surface area (Å²) in [4.78, 5) is 6.94. The molecule has 106 valence electrons. The zero-order valence-corrected chi connectivity index (χ0v) is 12.4. The van der Waals surface area contributed by atoms with E-state index in [4.69, 9.17) is 4.98 Å². The second-order valence-corrected chi connectivity index (χ2v) is 5.00. The van der Waals surface area contributed by atoms with E-state index in [-0.39, 0.29) is 0 Å². The predicted molar refractivity (Wildman–Crippen MR) is 87.2 cm³/mol. The summed E-state index contributed by atoms with van der Waals surface area (Å²) in [5.41, 5.74) is 1.09. The lowest BCUT2D eigenvalue weighted by molar-refractivity contribution is 0.664. The van der Waals surface area contributed by atoms with Crippen molar-refractivity contribution in [2.75, 3.05) is 25.0 Å². The normalized spacial score (nSPS) is 10.7. The van der Waals surface area contributed by atoms with Crippen molar-refractivity contribution in [1.82, 2.24) is 10.3 Å². The van der Waals surface area contributed by atoms with Crippen LogP contribution < -0.4 is 10.2 Å². The van der Waals surface area contributed by atoms with Gasteiger partial charge in [0, 0.05) is 25.5 Å². The van der Waals surface area contributed by atoms with Gasteiger partial charge in [-0.25, -0.2) is 4.98 Å². The van der Waals surface area contributed by atoms with Crippen LogP contribution in [0.15, 0.2) is 43.0 Å². The van der Waals surface area contributed by atoms with Crippen LogP contribution >= 0.6 is 0 Å². The molecule has 0 aliphatic carbocycles. The molecule has 0 spiro atoms. The number of fused-ring (bicyclic) bond motifs is 1.